The molecule has 0 unspecified atom stereocenters. The maximum absolute atomic E-state index is 5.59. The molecule has 5 heavy (non-hydrogen) atoms. The van der Waals surface area contributed by atoms with E-state index in [2.05, 4.69) is 15.1 Å². The van der Waals surface area contributed by atoms with Crippen LogP contribution < -0.4 is 0 Å². The zero-order valence-electron chi connectivity index (χ0n) is 3.23. The molecule has 0 saturated carbocycles. The molecule has 0 aliphatic rings. The minimum absolute atomic E-state index is 1.04. The van der Waals surface area contributed by atoms with Crippen LogP contribution in [0, 0.1) is 0 Å². The van der Waals surface area contributed by atoms with Gasteiger partial charge in [-0.2, -0.15) is 0 Å². The van der Waals surface area contributed by atoms with Gasteiger partial charge < -0.3 is 0 Å². The second kappa shape index (κ2) is 1.80. The van der Waals surface area contributed by atoms with Gasteiger partial charge in [0.1, 0.15) is 0 Å². The van der Waals surface area contributed by atoms with Crippen LogP contribution in [0.2, 0.25) is 0 Å². The van der Waals surface area contributed by atoms with Crippen LogP contribution in [-0.4, -0.2) is 28.4 Å². The third-order valence-electron chi connectivity index (χ3n) is 0. The molecule has 0 radical (unpaired) electrons. The summed E-state index contributed by atoms with van der Waals surface area (Å²) in [6.07, 6.45) is 0. The molecular weight excluding hydrogens is 169 g/mol. The van der Waals surface area contributed by atoms with Gasteiger partial charge in [0.2, 0.25) is 0 Å². The Morgan fingerprint density at radius 2 is 1.60 bits per heavy atom. The summed E-state index contributed by atoms with van der Waals surface area (Å²) >= 11 is 8.44. The zero-order chi connectivity index (χ0) is 4.50. The molecule has 0 saturated heterocycles. The van der Waals surface area contributed by atoms with E-state index in [4.69, 9.17) is 11.2 Å². The van der Waals surface area contributed by atoms with E-state index in [0.29, 0.717) is 0 Å². The normalized spacial score (nSPS) is 11.8. The predicted molar refractivity (Wildman–Crippen MR) is 30.4 cm³/mol. The molecule has 0 spiro atoms. The summed E-state index contributed by atoms with van der Waals surface area (Å²) in [4.78, 5) is -1.04. The first kappa shape index (κ1) is 6.24. The van der Waals surface area contributed by atoms with E-state index in [9.17, 15) is 0 Å². The van der Waals surface area contributed by atoms with Crippen LogP contribution in [0.25, 0.3) is 0 Å². The predicted octanol–water partition coefficient (Wildman–Crippen LogP) is 1.50. The standard InChI is InChI=1S/C2H6ClPSe/c1-4(2,3)5/h1-2H3. The minimum atomic E-state index is -1.04. The molecule has 0 rings (SSSR count). The molecule has 0 aromatic carbocycles. The summed E-state index contributed by atoms with van der Waals surface area (Å²) in [6, 6.07) is 0. The molecule has 0 amide bonds. The van der Waals surface area contributed by atoms with E-state index in [-0.39, 0.29) is 0 Å². The monoisotopic (exact) mass is 176 g/mol. The van der Waals surface area contributed by atoms with Crippen LogP contribution in [0.3, 0.4) is 0 Å². The number of rotatable bonds is 0. The van der Waals surface area contributed by atoms with Crippen molar-refractivity contribution >= 4 is 31.2 Å². The van der Waals surface area contributed by atoms with Crippen LogP contribution in [0.4, 0.5) is 0 Å². The average molecular weight is 175 g/mol. The summed E-state index contributed by atoms with van der Waals surface area (Å²) in [7, 11) is 0. The molecule has 32 valence electrons. The van der Waals surface area contributed by atoms with Crippen molar-refractivity contribution in [1.82, 2.24) is 0 Å². The summed E-state index contributed by atoms with van der Waals surface area (Å²) in [5.41, 5.74) is 0. The first-order valence-electron chi connectivity index (χ1n) is 1.25. The van der Waals surface area contributed by atoms with Crippen molar-refractivity contribution in [2.45, 2.75) is 0 Å². The summed E-state index contributed by atoms with van der Waals surface area (Å²) in [5.74, 6) is 0. The van der Waals surface area contributed by atoms with Gasteiger partial charge in [-0.3, -0.25) is 0 Å². The number of halogens is 1. The molecular formula is C2H6ClPSe. The SMILES string of the molecule is CP(C)(Cl)=[Se]. The quantitative estimate of drug-likeness (QED) is 0.387. The van der Waals surface area contributed by atoms with E-state index in [1.54, 1.807) is 0 Å². The maximum atomic E-state index is 5.59. The second-order valence-corrected chi connectivity index (χ2v) is 13.3. The molecule has 0 aliphatic carbocycles. The van der Waals surface area contributed by atoms with Crippen molar-refractivity contribution in [3.8, 4) is 0 Å². The van der Waals surface area contributed by atoms with Crippen molar-refractivity contribution in [3.63, 3.8) is 0 Å². The molecule has 0 aliphatic heterocycles. The molecule has 0 fully saturated rings. The van der Waals surface area contributed by atoms with E-state index in [1.165, 1.54) is 0 Å². The Kier molecular flexibility index (Phi) is 2.24. The molecule has 0 atom stereocenters. The third-order valence-corrected chi connectivity index (χ3v) is 0. The van der Waals surface area contributed by atoms with E-state index >= 15 is 0 Å². The van der Waals surface area contributed by atoms with Gasteiger partial charge in [0, 0.05) is 0 Å². The Bertz CT molecular complexity index is 55.8. The zero-order valence-corrected chi connectivity index (χ0v) is 6.60. The Labute approximate surface area is 44.9 Å². The van der Waals surface area contributed by atoms with Crippen LogP contribution in [-0.2, 0) is 0 Å². The molecule has 0 heterocycles. The Morgan fingerprint density at radius 1 is 1.60 bits per heavy atom. The first-order valence-corrected chi connectivity index (χ1v) is 7.05. The van der Waals surface area contributed by atoms with Gasteiger partial charge in [-0.25, -0.2) is 0 Å². The fourth-order valence-electron chi connectivity index (χ4n) is 0. The van der Waals surface area contributed by atoms with Crippen molar-refractivity contribution < 1.29 is 0 Å². The topological polar surface area (TPSA) is 0 Å². The van der Waals surface area contributed by atoms with Crippen molar-refractivity contribution in [1.29, 1.82) is 0 Å². The van der Waals surface area contributed by atoms with Gasteiger partial charge in [-0.1, -0.05) is 0 Å². The summed E-state index contributed by atoms with van der Waals surface area (Å²) in [5, 5.41) is 0. The second-order valence-electron chi connectivity index (χ2n) is 1.22. The van der Waals surface area contributed by atoms with Crippen LogP contribution in [0.1, 0.15) is 0 Å². The Hall–Kier alpha value is 1.24. The Morgan fingerprint density at radius 3 is 1.60 bits per heavy atom. The number of hydrogen-bond donors (Lipinski definition) is 0. The fourth-order valence-corrected chi connectivity index (χ4v) is 0. The van der Waals surface area contributed by atoms with E-state index < -0.39 is 4.86 Å². The van der Waals surface area contributed by atoms with Gasteiger partial charge in [-0.15, -0.1) is 0 Å². The van der Waals surface area contributed by atoms with E-state index in [1.807, 2.05) is 13.3 Å². The van der Waals surface area contributed by atoms with Gasteiger partial charge in [0.15, 0.2) is 0 Å². The van der Waals surface area contributed by atoms with Crippen molar-refractivity contribution in [2.24, 2.45) is 0 Å². The molecule has 3 heteroatoms. The van der Waals surface area contributed by atoms with Gasteiger partial charge in [0.25, 0.3) is 0 Å². The molecule has 0 bridgehead atoms. The van der Waals surface area contributed by atoms with Gasteiger partial charge in [0.05, 0.1) is 0 Å². The molecule has 0 nitrogen and oxygen atoms in total. The van der Waals surface area contributed by atoms with Gasteiger partial charge >= 0.3 is 44.5 Å². The average Bonchev–Trinajstić information content (AvgIpc) is 0.722. The molecule has 0 N–H and O–H groups in total. The van der Waals surface area contributed by atoms with Crippen LogP contribution in [0.15, 0.2) is 0 Å². The van der Waals surface area contributed by atoms with Crippen LogP contribution >= 0.6 is 16.1 Å². The van der Waals surface area contributed by atoms with Gasteiger partial charge in [-0.05, 0) is 0 Å². The molecule has 0 aromatic rings. The fraction of sp³-hybridized carbons (Fsp3) is 1.00. The summed E-state index contributed by atoms with van der Waals surface area (Å²) in [6.45, 7) is 4.02. The number of hydrogen-bond acceptors (Lipinski definition) is 0. The first-order chi connectivity index (χ1) is 2.00. The summed E-state index contributed by atoms with van der Waals surface area (Å²) < 4.78 is 0. The van der Waals surface area contributed by atoms with Crippen molar-refractivity contribution in [2.75, 3.05) is 13.3 Å². The van der Waals surface area contributed by atoms with E-state index in [0.717, 1.165) is 0 Å². The third kappa shape index (κ3) is 35.8. The van der Waals surface area contributed by atoms with Crippen LogP contribution in [0.5, 0.6) is 0 Å². The molecule has 0 aromatic heterocycles. The van der Waals surface area contributed by atoms with Crippen molar-refractivity contribution in [3.05, 3.63) is 0 Å². The Balaban J connectivity index is 3.47.